The smallest absolute Gasteiger partial charge is 0.356 e. The fourth-order valence-electron chi connectivity index (χ4n) is 2.63. The number of amides is 1. The van der Waals surface area contributed by atoms with Gasteiger partial charge in [-0.05, 0) is 12.1 Å². The standard InChI is InChI=1S/C14H11N5O3S/c20-13(21)10-8(6-19(18-10)7-4-2-1-3-5-7)9-11-12(17-16-9)15-14(22)23-11/h1-6,9,11,16H,(H,20,21)(H,15,17,22)/t9-,11+/m0/s1. The molecule has 1 amide bonds. The van der Waals surface area contributed by atoms with E-state index in [9.17, 15) is 14.7 Å². The molecular formula is C14H11N5O3S. The van der Waals surface area contributed by atoms with Gasteiger partial charge in [0.05, 0.1) is 17.0 Å². The van der Waals surface area contributed by atoms with Gasteiger partial charge >= 0.3 is 5.97 Å². The number of nitrogens with one attached hydrogen (secondary N) is 2. The summed E-state index contributed by atoms with van der Waals surface area (Å²) in [5.41, 5.74) is 4.09. The van der Waals surface area contributed by atoms with Crippen LogP contribution in [0.3, 0.4) is 0 Å². The average Bonchev–Trinajstić information content (AvgIpc) is 3.21. The van der Waals surface area contributed by atoms with Crippen LogP contribution in [0.1, 0.15) is 22.1 Å². The number of carbonyl (C=O) groups excluding carboxylic acids is 1. The third kappa shape index (κ3) is 2.25. The molecule has 1 aromatic carbocycles. The topological polar surface area (TPSA) is 109 Å². The van der Waals surface area contributed by atoms with E-state index in [2.05, 4.69) is 20.9 Å². The molecule has 2 aliphatic rings. The Morgan fingerprint density at radius 2 is 2.09 bits per heavy atom. The minimum atomic E-state index is -1.12. The first-order valence-corrected chi connectivity index (χ1v) is 7.70. The lowest BCUT2D eigenvalue weighted by Crippen LogP contribution is -2.25. The summed E-state index contributed by atoms with van der Waals surface area (Å²) >= 11 is 1.09. The highest BCUT2D eigenvalue weighted by atomic mass is 32.2. The van der Waals surface area contributed by atoms with Crippen LogP contribution in [0.2, 0.25) is 0 Å². The number of aromatic carboxylic acids is 1. The molecule has 0 aliphatic carbocycles. The number of para-hydroxylation sites is 1. The highest BCUT2D eigenvalue weighted by Crippen LogP contribution is 2.36. The fraction of sp³-hybridized carbons (Fsp3) is 0.143. The van der Waals surface area contributed by atoms with E-state index in [4.69, 9.17) is 0 Å². The Balaban J connectivity index is 1.75. The van der Waals surface area contributed by atoms with Crippen molar-refractivity contribution in [3.8, 4) is 5.69 Å². The first kappa shape index (κ1) is 13.8. The van der Waals surface area contributed by atoms with Gasteiger partial charge in [0, 0.05) is 11.8 Å². The minimum absolute atomic E-state index is 0.0530. The molecule has 8 nitrogen and oxygen atoms in total. The van der Waals surface area contributed by atoms with Crippen LogP contribution in [0.4, 0.5) is 4.79 Å². The summed E-state index contributed by atoms with van der Waals surface area (Å²) < 4.78 is 1.52. The Bertz CT molecular complexity index is 832. The Morgan fingerprint density at radius 1 is 1.30 bits per heavy atom. The van der Waals surface area contributed by atoms with Gasteiger partial charge in [0.15, 0.2) is 5.69 Å². The maximum absolute atomic E-state index is 11.5. The van der Waals surface area contributed by atoms with Crippen LogP contribution in [-0.4, -0.2) is 37.2 Å². The number of hydrogen-bond acceptors (Lipinski definition) is 6. The summed E-state index contributed by atoms with van der Waals surface area (Å²) in [4.78, 5) is 23.0. The van der Waals surface area contributed by atoms with Gasteiger partial charge in [-0.3, -0.25) is 10.2 Å². The van der Waals surface area contributed by atoms with E-state index >= 15 is 0 Å². The van der Waals surface area contributed by atoms with E-state index in [0.29, 0.717) is 11.4 Å². The number of carboxylic acid groups (broad SMARTS) is 1. The zero-order chi connectivity index (χ0) is 16.0. The van der Waals surface area contributed by atoms with Crippen molar-refractivity contribution in [2.24, 2.45) is 5.10 Å². The lowest BCUT2D eigenvalue weighted by atomic mass is 10.1. The number of hydrazone groups is 1. The largest absolute Gasteiger partial charge is 0.476 e. The number of fused-ring (bicyclic) bond motifs is 1. The lowest BCUT2D eigenvalue weighted by Gasteiger charge is -2.13. The van der Waals surface area contributed by atoms with Crippen molar-refractivity contribution in [2.45, 2.75) is 11.3 Å². The second-order valence-electron chi connectivity index (χ2n) is 5.07. The van der Waals surface area contributed by atoms with Crippen LogP contribution in [-0.2, 0) is 0 Å². The summed E-state index contributed by atoms with van der Waals surface area (Å²) in [5.74, 6) is -0.596. The van der Waals surface area contributed by atoms with E-state index < -0.39 is 12.0 Å². The van der Waals surface area contributed by atoms with Gasteiger partial charge in [-0.15, -0.1) is 0 Å². The summed E-state index contributed by atoms with van der Waals surface area (Å²) in [5, 5.41) is 19.9. The molecular weight excluding hydrogens is 318 g/mol. The Morgan fingerprint density at radius 3 is 2.83 bits per heavy atom. The first-order chi connectivity index (χ1) is 11.1. The van der Waals surface area contributed by atoms with Gasteiger partial charge in [0.1, 0.15) is 5.84 Å². The molecule has 0 spiro atoms. The average molecular weight is 329 g/mol. The molecule has 3 N–H and O–H groups in total. The Kier molecular flexibility index (Phi) is 3.08. The van der Waals surface area contributed by atoms with Crippen molar-refractivity contribution in [2.75, 3.05) is 0 Å². The number of nitrogens with zero attached hydrogens (tertiary/aromatic N) is 3. The van der Waals surface area contributed by atoms with Crippen LogP contribution in [0.5, 0.6) is 0 Å². The van der Waals surface area contributed by atoms with E-state index in [1.807, 2.05) is 30.3 Å². The van der Waals surface area contributed by atoms with Crippen molar-refractivity contribution in [3.05, 3.63) is 47.8 Å². The highest BCUT2D eigenvalue weighted by Gasteiger charge is 2.43. The summed E-state index contributed by atoms with van der Waals surface area (Å²) in [6, 6.07) is 8.82. The number of hydrogen-bond donors (Lipinski definition) is 3. The van der Waals surface area contributed by atoms with E-state index in [0.717, 1.165) is 17.4 Å². The monoisotopic (exact) mass is 329 g/mol. The number of aromatic nitrogens is 2. The van der Waals surface area contributed by atoms with E-state index in [1.54, 1.807) is 6.20 Å². The van der Waals surface area contributed by atoms with Crippen LogP contribution < -0.4 is 10.7 Å². The quantitative estimate of drug-likeness (QED) is 0.784. The molecule has 3 heterocycles. The molecule has 2 aliphatic heterocycles. The fourth-order valence-corrected chi connectivity index (χ4v) is 3.59. The minimum Gasteiger partial charge on any atom is -0.476 e. The highest BCUT2D eigenvalue weighted by molar-refractivity contribution is 8.15. The molecule has 1 saturated heterocycles. The van der Waals surface area contributed by atoms with Gasteiger partial charge in [-0.25, -0.2) is 9.48 Å². The van der Waals surface area contributed by atoms with Crippen LogP contribution in [0, 0.1) is 0 Å². The SMILES string of the molecule is O=C1NC2=NN[C@@H](c3cn(-c4ccccc4)nc3C(=O)O)[C@H]2S1. The van der Waals surface area contributed by atoms with Crippen molar-refractivity contribution >= 4 is 28.8 Å². The molecule has 116 valence electrons. The number of amidine groups is 1. The van der Waals surface area contributed by atoms with Crippen LogP contribution in [0.25, 0.3) is 5.69 Å². The van der Waals surface area contributed by atoms with Gasteiger partial charge in [-0.1, -0.05) is 30.0 Å². The van der Waals surface area contributed by atoms with Crippen molar-refractivity contribution < 1.29 is 14.7 Å². The molecule has 4 rings (SSSR count). The zero-order valence-electron chi connectivity index (χ0n) is 11.6. The third-order valence-electron chi connectivity index (χ3n) is 3.66. The van der Waals surface area contributed by atoms with Crippen molar-refractivity contribution in [3.63, 3.8) is 0 Å². The zero-order valence-corrected chi connectivity index (χ0v) is 12.4. The van der Waals surface area contributed by atoms with E-state index in [1.165, 1.54) is 4.68 Å². The predicted octanol–water partition coefficient (Wildman–Crippen LogP) is 1.35. The number of benzene rings is 1. The molecule has 2 aromatic rings. The second-order valence-corrected chi connectivity index (χ2v) is 6.19. The summed E-state index contributed by atoms with van der Waals surface area (Å²) in [6.07, 6.45) is 1.66. The van der Waals surface area contributed by atoms with E-state index in [-0.39, 0.29) is 16.2 Å². The summed E-state index contributed by atoms with van der Waals surface area (Å²) in [6.45, 7) is 0. The Labute approximate surface area is 134 Å². The number of carbonyl (C=O) groups is 2. The maximum atomic E-state index is 11.5. The molecule has 23 heavy (non-hydrogen) atoms. The lowest BCUT2D eigenvalue weighted by molar-refractivity contribution is 0.0688. The molecule has 9 heteroatoms. The molecule has 0 radical (unpaired) electrons. The van der Waals surface area contributed by atoms with Crippen molar-refractivity contribution in [1.82, 2.24) is 20.5 Å². The first-order valence-electron chi connectivity index (χ1n) is 6.82. The molecule has 0 bridgehead atoms. The second kappa shape index (κ2) is 5.13. The third-order valence-corrected chi connectivity index (χ3v) is 4.73. The molecule has 1 fully saturated rings. The molecule has 2 atom stereocenters. The Hall–Kier alpha value is -2.81. The number of thioether (sulfide) groups is 1. The maximum Gasteiger partial charge on any atom is 0.356 e. The van der Waals surface area contributed by atoms with Gasteiger partial charge in [-0.2, -0.15) is 10.2 Å². The van der Waals surface area contributed by atoms with Crippen LogP contribution >= 0.6 is 11.8 Å². The normalized spacial score (nSPS) is 22.3. The molecule has 0 saturated carbocycles. The summed E-state index contributed by atoms with van der Waals surface area (Å²) in [7, 11) is 0. The van der Waals surface area contributed by atoms with Crippen LogP contribution in [0.15, 0.2) is 41.6 Å². The van der Waals surface area contributed by atoms with Crippen molar-refractivity contribution in [1.29, 1.82) is 0 Å². The van der Waals surface area contributed by atoms with Gasteiger partial charge in [0.2, 0.25) is 0 Å². The van der Waals surface area contributed by atoms with Gasteiger partial charge < -0.3 is 10.4 Å². The number of carboxylic acids is 1. The van der Waals surface area contributed by atoms with Gasteiger partial charge in [0.25, 0.3) is 5.24 Å². The predicted molar refractivity (Wildman–Crippen MR) is 83.7 cm³/mol. The molecule has 0 unspecified atom stereocenters. The number of rotatable bonds is 3. The molecule has 1 aromatic heterocycles.